The highest BCUT2D eigenvalue weighted by Crippen LogP contribution is 2.62. The van der Waals surface area contributed by atoms with Crippen LogP contribution in [0.3, 0.4) is 0 Å². The van der Waals surface area contributed by atoms with E-state index < -0.39 is 0 Å². The van der Waals surface area contributed by atoms with Crippen LogP contribution in [0.2, 0.25) is 0 Å². The second-order valence-electron chi connectivity index (χ2n) is 7.41. The predicted molar refractivity (Wildman–Crippen MR) is 86.9 cm³/mol. The fourth-order valence-corrected chi connectivity index (χ4v) is 3.10. The fraction of sp³-hybridized carbons (Fsp3) is 0.667. The normalized spacial score (nSPS) is 19.6. The number of ether oxygens (including phenoxy) is 2. The van der Waals surface area contributed by atoms with Crippen molar-refractivity contribution in [3.63, 3.8) is 0 Å². The van der Waals surface area contributed by atoms with Crippen LogP contribution >= 0.6 is 0 Å². The second kappa shape index (κ2) is 5.53. The molecule has 1 saturated carbocycles. The fourth-order valence-electron chi connectivity index (χ4n) is 3.10. The highest BCUT2D eigenvalue weighted by atomic mass is 16.5. The van der Waals surface area contributed by atoms with Gasteiger partial charge < -0.3 is 14.8 Å². The first kappa shape index (κ1) is 16.2. The molecule has 1 aromatic carbocycles. The third-order valence-electron chi connectivity index (χ3n) is 5.12. The van der Waals surface area contributed by atoms with Crippen molar-refractivity contribution in [2.24, 2.45) is 10.8 Å². The van der Waals surface area contributed by atoms with Crippen LogP contribution in [0, 0.1) is 10.8 Å². The van der Waals surface area contributed by atoms with E-state index in [0.29, 0.717) is 16.9 Å². The maximum absolute atomic E-state index is 5.75. The van der Waals surface area contributed by atoms with Gasteiger partial charge in [-0.15, -0.1) is 0 Å². The number of benzene rings is 1. The topological polar surface area (TPSA) is 30.5 Å². The Morgan fingerprint density at radius 3 is 2.19 bits per heavy atom. The van der Waals surface area contributed by atoms with Crippen LogP contribution in [0.5, 0.6) is 11.5 Å². The van der Waals surface area contributed by atoms with Gasteiger partial charge in [0.1, 0.15) is 0 Å². The number of hydrogen-bond donors (Lipinski definition) is 1. The Labute approximate surface area is 129 Å². The van der Waals surface area contributed by atoms with Crippen LogP contribution in [0.4, 0.5) is 0 Å². The summed E-state index contributed by atoms with van der Waals surface area (Å²) in [6.07, 6.45) is 0.149. The molecule has 0 aromatic heterocycles. The van der Waals surface area contributed by atoms with E-state index in [2.05, 4.69) is 45.1 Å². The Bertz CT molecular complexity index is 492. The maximum atomic E-state index is 5.75. The third kappa shape index (κ3) is 3.03. The first-order chi connectivity index (χ1) is 9.70. The summed E-state index contributed by atoms with van der Waals surface area (Å²) in [5, 5.41) is 3.67. The molecule has 1 aliphatic carbocycles. The van der Waals surface area contributed by atoms with E-state index in [4.69, 9.17) is 9.47 Å². The van der Waals surface area contributed by atoms with Gasteiger partial charge in [0.25, 0.3) is 0 Å². The summed E-state index contributed by atoms with van der Waals surface area (Å²) >= 11 is 0. The molecule has 0 amide bonds. The van der Waals surface area contributed by atoms with Gasteiger partial charge in [-0.25, -0.2) is 0 Å². The molecular formula is C18H29NO2. The van der Waals surface area contributed by atoms with E-state index in [0.717, 1.165) is 18.0 Å². The number of methoxy groups -OCH3 is 1. The van der Waals surface area contributed by atoms with E-state index in [1.54, 1.807) is 7.11 Å². The Hall–Kier alpha value is -1.22. The van der Waals surface area contributed by atoms with Crippen molar-refractivity contribution in [2.75, 3.05) is 7.11 Å². The quantitative estimate of drug-likeness (QED) is 0.859. The van der Waals surface area contributed by atoms with Crippen molar-refractivity contribution >= 4 is 0 Å². The summed E-state index contributed by atoms with van der Waals surface area (Å²) in [5.41, 5.74) is 1.94. The Kier molecular flexibility index (Phi) is 4.25. The van der Waals surface area contributed by atoms with Crippen LogP contribution in [0.15, 0.2) is 18.2 Å². The minimum Gasteiger partial charge on any atom is -0.493 e. The van der Waals surface area contributed by atoms with Crippen molar-refractivity contribution in [2.45, 2.75) is 60.2 Å². The van der Waals surface area contributed by atoms with Crippen molar-refractivity contribution < 1.29 is 9.47 Å². The summed E-state index contributed by atoms with van der Waals surface area (Å²) in [7, 11) is 1.69. The van der Waals surface area contributed by atoms with Crippen LogP contribution in [-0.2, 0) is 6.54 Å². The minimum absolute atomic E-state index is 0.149. The monoisotopic (exact) mass is 291 g/mol. The zero-order valence-corrected chi connectivity index (χ0v) is 14.4. The Morgan fingerprint density at radius 1 is 1.10 bits per heavy atom. The van der Waals surface area contributed by atoms with E-state index in [1.165, 1.54) is 5.56 Å². The zero-order chi connectivity index (χ0) is 15.8. The highest BCUT2D eigenvalue weighted by Gasteiger charge is 2.64. The van der Waals surface area contributed by atoms with E-state index in [-0.39, 0.29) is 6.10 Å². The Morgan fingerprint density at radius 2 is 1.71 bits per heavy atom. The van der Waals surface area contributed by atoms with Gasteiger partial charge in [0.2, 0.25) is 0 Å². The lowest BCUT2D eigenvalue weighted by atomic mass is 10.0. The van der Waals surface area contributed by atoms with Gasteiger partial charge in [0.15, 0.2) is 11.5 Å². The SMILES string of the molecule is COc1cc(CNC2C(C)(C)C2(C)C)ccc1OC(C)C. The molecule has 0 unspecified atom stereocenters. The molecule has 0 heterocycles. The molecule has 3 nitrogen and oxygen atoms in total. The lowest BCUT2D eigenvalue weighted by Gasteiger charge is -2.15. The van der Waals surface area contributed by atoms with Crippen molar-refractivity contribution in [1.29, 1.82) is 0 Å². The van der Waals surface area contributed by atoms with Crippen molar-refractivity contribution in [3.05, 3.63) is 23.8 Å². The highest BCUT2D eigenvalue weighted by molar-refractivity contribution is 5.43. The maximum Gasteiger partial charge on any atom is 0.161 e. The molecule has 2 rings (SSSR count). The lowest BCUT2D eigenvalue weighted by Crippen LogP contribution is -2.21. The molecule has 0 bridgehead atoms. The molecule has 1 aliphatic rings. The van der Waals surface area contributed by atoms with Crippen LogP contribution < -0.4 is 14.8 Å². The van der Waals surface area contributed by atoms with Crippen LogP contribution in [-0.4, -0.2) is 19.3 Å². The molecule has 0 saturated heterocycles. The van der Waals surface area contributed by atoms with Gasteiger partial charge >= 0.3 is 0 Å². The largest absolute Gasteiger partial charge is 0.493 e. The molecule has 3 heteroatoms. The molecule has 1 aromatic rings. The third-order valence-corrected chi connectivity index (χ3v) is 5.12. The summed E-state index contributed by atoms with van der Waals surface area (Å²) in [5.74, 6) is 1.61. The molecule has 0 radical (unpaired) electrons. The molecule has 21 heavy (non-hydrogen) atoms. The summed E-state index contributed by atoms with van der Waals surface area (Å²) in [6, 6.07) is 6.73. The Balaban J connectivity index is 2.02. The lowest BCUT2D eigenvalue weighted by molar-refractivity contribution is 0.230. The van der Waals surface area contributed by atoms with Crippen molar-refractivity contribution in [1.82, 2.24) is 5.32 Å². The van der Waals surface area contributed by atoms with E-state index >= 15 is 0 Å². The van der Waals surface area contributed by atoms with Crippen LogP contribution in [0.1, 0.15) is 47.1 Å². The average Bonchev–Trinajstić information content (AvgIpc) is 2.78. The minimum atomic E-state index is 0.149. The van der Waals surface area contributed by atoms with Gasteiger partial charge in [-0.3, -0.25) is 0 Å². The zero-order valence-electron chi connectivity index (χ0n) is 14.4. The van der Waals surface area contributed by atoms with E-state index in [9.17, 15) is 0 Å². The van der Waals surface area contributed by atoms with Gasteiger partial charge in [-0.1, -0.05) is 33.8 Å². The number of rotatable bonds is 6. The number of hydrogen-bond acceptors (Lipinski definition) is 3. The van der Waals surface area contributed by atoms with Crippen LogP contribution in [0.25, 0.3) is 0 Å². The first-order valence-electron chi connectivity index (χ1n) is 7.77. The average molecular weight is 291 g/mol. The van der Waals surface area contributed by atoms with Gasteiger partial charge in [0, 0.05) is 12.6 Å². The molecule has 1 N–H and O–H groups in total. The molecule has 1 fully saturated rings. The second-order valence-corrected chi connectivity index (χ2v) is 7.41. The van der Waals surface area contributed by atoms with Gasteiger partial charge in [-0.05, 0) is 42.4 Å². The molecule has 0 atom stereocenters. The predicted octanol–water partition coefficient (Wildman–Crippen LogP) is 4.01. The van der Waals surface area contributed by atoms with E-state index in [1.807, 2.05) is 19.9 Å². The van der Waals surface area contributed by atoms with Gasteiger partial charge in [-0.2, -0.15) is 0 Å². The standard InChI is InChI=1S/C18H29NO2/c1-12(2)21-14-9-8-13(10-15(14)20-7)11-19-16-17(3,4)18(16,5)6/h8-10,12,16,19H,11H2,1-7H3. The first-order valence-corrected chi connectivity index (χ1v) is 7.77. The van der Waals surface area contributed by atoms with Crippen molar-refractivity contribution in [3.8, 4) is 11.5 Å². The number of nitrogens with one attached hydrogen (secondary N) is 1. The summed E-state index contributed by atoms with van der Waals surface area (Å²) < 4.78 is 11.2. The summed E-state index contributed by atoms with van der Waals surface area (Å²) in [6.45, 7) is 14.2. The smallest absolute Gasteiger partial charge is 0.161 e. The molecular weight excluding hydrogens is 262 g/mol. The van der Waals surface area contributed by atoms with Gasteiger partial charge in [0.05, 0.1) is 13.2 Å². The summed E-state index contributed by atoms with van der Waals surface area (Å²) in [4.78, 5) is 0. The molecule has 118 valence electrons. The molecule has 0 spiro atoms. The molecule has 0 aliphatic heterocycles.